The van der Waals surface area contributed by atoms with Crippen LogP contribution in [0.25, 0.3) is 0 Å². The molecule has 0 saturated heterocycles. The normalized spacial score (nSPS) is 10.3. The highest BCUT2D eigenvalue weighted by molar-refractivity contribution is 7.13. The molecule has 0 amide bonds. The van der Waals surface area contributed by atoms with Crippen LogP contribution in [-0.4, -0.2) is 21.0 Å². The summed E-state index contributed by atoms with van der Waals surface area (Å²) in [6, 6.07) is 3.25. The molecule has 0 bridgehead atoms. The van der Waals surface area contributed by atoms with Crippen LogP contribution in [0.3, 0.4) is 0 Å². The Labute approximate surface area is 109 Å². The second kappa shape index (κ2) is 5.59. The maximum Gasteiger partial charge on any atom is 0.354 e. The average Bonchev–Trinajstić information content (AvgIpc) is 2.85. The Balaban J connectivity index is 1.95. The van der Waals surface area contributed by atoms with Crippen molar-refractivity contribution in [3.63, 3.8) is 0 Å². The monoisotopic (exact) mass is 263 g/mol. The predicted octanol–water partition coefficient (Wildman–Crippen LogP) is 2.41. The van der Waals surface area contributed by atoms with Crippen molar-refractivity contribution in [2.45, 2.75) is 19.9 Å². The van der Waals surface area contributed by atoms with Gasteiger partial charge in [0.15, 0.2) is 5.13 Å². The van der Waals surface area contributed by atoms with E-state index in [1.165, 1.54) is 6.07 Å². The number of thiazole rings is 1. The first kappa shape index (κ1) is 12.5. The zero-order valence-corrected chi connectivity index (χ0v) is 10.7. The fourth-order valence-electron chi connectivity index (χ4n) is 1.38. The predicted molar refractivity (Wildman–Crippen MR) is 70.0 cm³/mol. The van der Waals surface area contributed by atoms with E-state index in [1.807, 2.05) is 5.38 Å². The number of aromatic nitrogens is 2. The molecular formula is C12H13N3O2S. The minimum absolute atomic E-state index is 0.0567. The lowest BCUT2D eigenvalue weighted by atomic mass is 10.2. The zero-order chi connectivity index (χ0) is 13.0. The molecule has 0 radical (unpaired) electrons. The summed E-state index contributed by atoms with van der Waals surface area (Å²) >= 11 is 1.56. The molecule has 94 valence electrons. The quantitative estimate of drug-likeness (QED) is 0.866. The Morgan fingerprint density at radius 3 is 2.89 bits per heavy atom. The third-order valence-electron chi connectivity index (χ3n) is 2.40. The summed E-state index contributed by atoms with van der Waals surface area (Å²) < 4.78 is 0. The lowest BCUT2D eigenvalue weighted by Gasteiger charge is -2.02. The van der Waals surface area contributed by atoms with Crippen molar-refractivity contribution in [2.24, 2.45) is 0 Å². The Morgan fingerprint density at radius 2 is 2.33 bits per heavy atom. The fourth-order valence-corrected chi connectivity index (χ4v) is 2.18. The van der Waals surface area contributed by atoms with Crippen molar-refractivity contribution < 1.29 is 9.90 Å². The zero-order valence-electron chi connectivity index (χ0n) is 9.88. The van der Waals surface area contributed by atoms with Crippen LogP contribution < -0.4 is 5.32 Å². The van der Waals surface area contributed by atoms with Gasteiger partial charge in [0.1, 0.15) is 5.69 Å². The van der Waals surface area contributed by atoms with E-state index >= 15 is 0 Å². The van der Waals surface area contributed by atoms with E-state index in [9.17, 15) is 4.79 Å². The maximum absolute atomic E-state index is 10.6. The number of nitrogens with zero attached hydrogens (tertiary/aromatic N) is 2. The summed E-state index contributed by atoms with van der Waals surface area (Å²) in [5.74, 6) is -1.01. The number of nitrogens with one attached hydrogen (secondary N) is 1. The first-order valence-corrected chi connectivity index (χ1v) is 6.43. The van der Waals surface area contributed by atoms with E-state index in [-0.39, 0.29) is 5.69 Å². The summed E-state index contributed by atoms with van der Waals surface area (Å²) in [6.45, 7) is 2.65. The van der Waals surface area contributed by atoms with E-state index < -0.39 is 5.97 Å². The first-order valence-electron chi connectivity index (χ1n) is 5.55. The molecule has 0 aromatic carbocycles. The average molecular weight is 263 g/mol. The van der Waals surface area contributed by atoms with Gasteiger partial charge in [0.2, 0.25) is 0 Å². The van der Waals surface area contributed by atoms with Crippen molar-refractivity contribution in [1.82, 2.24) is 9.97 Å². The number of carboxylic acids is 1. The van der Waals surface area contributed by atoms with Crippen LogP contribution >= 0.6 is 11.3 Å². The highest BCUT2D eigenvalue weighted by Gasteiger charge is 2.04. The van der Waals surface area contributed by atoms with Gasteiger partial charge in [-0.2, -0.15) is 0 Å². The van der Waals surface area contributed by atoms with E-state index in [4.69, 9.17) is 5.11 Å². The molecule has 2 heterocycles. The Bertz CT molecular complexity index is 537. The summed E-state index contributed by atoms with van der Waals surface area (Å²) in [6.07, 6.45) is 2.48. The molecule has 2 N–H and O–H groups in total. The lowest BCUT2D eigenvalue weighted by molar-refractivity contribution is 0.0690. The van der Waals surface area contributed by atoms with Gasteiger partial charge in [0.25, 0.3) is 0 Å². The number of carbonyl (C=O) groups is 1. The molecule has 18 heavy (non-hydrogen) atoms. The maximum atomic E-state index is 10.6. The van der Waals surface area contributed by atoms with Gasteiger partial charge in [-0.3, -0.25) is 0 Å². The lowest BCUT2D eigenvalue weighted by Crippen LogP contribution is -2.03. The number of rotatable bonds is 5. The number of aryl methyl sites for hydroxylation is 1. The first-order chi connectivity index (χ1) is 8.69. The van der Waals surface area contributed by atoms with E-state index in [0.717, 1.165) is 22.8 Å². The van der Waals surface area contributed by atoms with Crippen molar-refractivity contribution in [2.75, 3.05) is 5.32 Å². The summed E-state index contributed by atoms with van der Waals surface area (Å²) in [7, 11) is 0. The number of carboxylic acid groups (broad SMARTS) is 1. The van der Waals surface area contributed by atoms with Crippen LogP contribution in [0, 0.1) is 0 Å². The van der Waals surface area contributed by atoms with Gasteiger partial charge in [0, 0.05) is 18.1 Å². The van der Waals surface area contributed by atoms with Crippen molar-refractivity contribution in [3.8, 4) is 0 Å². The largest absolute Gasteiger partial charge is 0.477 e. The van der Waals surface area contributed by atoms with Gasteiger partial charge in [0.05, 0.1) is 5.69 Å². The highest BCUT2D eigenvalue weighted by atomic mass is 32.1. The number of pyridine rings is 1. The van der Waals surface area contributed by atoms with Gasteiger partial charge in [-0.05, 0) is 18.1 Å². The van der Waals surface area contributed by atoms with Crippen LogP contribution in [0.1, 0.15) is 28.7 Å². The molecule has 6 heteroatoms. The number of hydrogen-bond donors (Lipinski definition) is 2. The summed E-state index contributed by atoms with van der Waals surface area (Å²) in [4.78, 5) is 18.9. The second-order valence-corrected chi connectivity index (χ2v) is 4.57. The number of aromatic carboxylic acids is 1. The van der Waals surface area contributed by atoms with Crippen LogP contribution in [0.5, 0.6) is 0 Å². The Morgan fingerprint density at radius 1 is 1.50 bits per heavy atom. The fraction of sp³-hybridized carbons (Fsp3) is 0.250. The van der Waals surface area contributed by atoms with Crippen LogP contribution in [0.2, 0.25) is 0 Å². The molecule has 0 unspecified atom stereocenters. The molecule has 0 aliphatic heterocycles. The van der Waals surface area contributed by atoms with Crippen LogP contribution in [-0.2, 0) is 13.0 Å². The van der Waals surface area contributed by atoms with E-state index in [1.54, 1.807) is 23.6 Å². The molecule has 0 fully saturated rings. The molecule has 0 aliphatic rings. The van der Waals surface area contributed by atoms with E-state index in [0.29, 0.717) is 6.54 Å². The third-order valence-corrected chi connectivity index (χ3v) is 3.25. The molecule has 0 atom stereocenters. The summed E-state index contributed by atoms with van der Waals surface area (Å²) in [5.41, 5.74) is 2.05. The highest BCUT2D eigenvalue weighted by Crippen LogP contribution is 2.16. The molecule has 2 aromatic heterocycles. The second-order valence-electron chi connectivity index (χ2n) is 3.71. The van der Waals surface area contributed by atoms with Crippen LogP contribution in [0.4, 0.5) is 5.13 Å². The number of anilines is 1. The smallest absolute Gasteiger partial charge is 0.354 e. The molecule has 0 spiro atoms. The van der Waals surface area contributed by atoms with E-state index in [2.05, 4.69) is 22.2 Å². The molecule has 5 nitrogen and oxygen atoms in total. The van der Waals surface area contributed by atoms with Crippen molar-refractivity contribution in [1.29, 1.82) is 0 Å². The molecule has 2 aromatic rings. The summed E-state index contributed by atoms with van der Waals surface area (Å²) in [5, 5.41) is 14.8. The van der Waals surface area contributed by atoms with Gasteiger partial charge < -0.3 is 10.4 Å². The molecule has 0 aliphatic carbocycles. The molecule has 0 saturated carbocycles. The van der Waals surface area contributed by atoms with Gasteiger partial charge in [-0.15, -0.1) is 11.3 Å². The van der Waals surface area contributed by atoms with Crippen molar-refractivity contribution >= 4 is 22.4 Å². The van der Waals surface area contributed by atoms with Crippen molar-refractivity contribution in [3.05, 3.63) is 40.7 Å². The third kappa shape index (κ3) is 3.04. The van der Waals surface area contributed by atoms with Gasteiger partial charge in [-0.25, -0.2) is 14.8 Å². The minimum Gasteiger partial charge on any atom is -0.477 e. The van der Waals surface area contributed by atoms with Gasteiger partial charge >= 0.3 is 5.97 Å². The number of hydrogen-bond acceptors (Lipinski definition) is 5. The standard InChI is InChI=1S/C12H13N3O2S/c1-2-9-7-18-12(15-9)14-6-8-3-4-10(11(16)17)13-5-8/h3-5,7H,2,6H2,1H3,(H,14,15)(H,16,17). The Kier molecular flexibility index (Phi) is 3.88. The molecular weight excluding hydrogens is 250 g/mol. The van der Waals surface area contributed by atoms with Crippen LogP contribution in [0.15, 0.2) is 23.7 Å². The Hall–Kier alpha value is -1.95. The van der Waals surface area contributed by atoms with Gasteiger partial charge in [-0.1, -0.05) is 13.0 Å². The minimum atomic E-state index is -1.01. The molecule has 2 rings (SSSR count). The topological polar surface area (TPSA) is 75.1 Å². The SMILES string of the molecule is CCc1csc(NCc2ccc(C(=O)O)nc2)n1.